The summed E-state index contributed by atoms with van der Waals surface area (Å²) in [7, 11) is 0. The maximum Gasteiger partial charge on any atom is 0.306 e. The summed E-state index contributed by atoms with van der Waals surface area (Å²) in [5, 5.41) is 0. The molecule has 10 heteroatoms. The normalized spacial score (nSPS) is 12.3. The van der Waals surface area contributed by atoms with Crippen molar-refractivity contribution in [3.8, 4) is 0 Å². The predicted octanol–water partition coefficient (Wildman–Crippen LogP) is 30.7. The van der Waals surface area contributed by atoms with Gasteiger partial charge in [0.05, 0.1) is 13.2 Å². The predicted molar refractivity (Wildman–Crippen MR) is 454 cm³/mol. The first kappa shape index (κ1) is 103. The van der Waals surface area contributed by atoms with Gasteiger partial charge in [0, 0.05) is 38.0 Å². The second-order valence-corrected chi connectivity index (χ2v) is 32.3. The topological polar surface area (TPSA) is 132 Å². The van der Waals surface area contributed by atoms with Gasteiger partial charge < -0.3 is 23.7 Å². The van der Waals surface area contributed by atoms with Gasteiger partial charge in [-0.1, -0.05) is 398 Å². The monoisotopic (exact) mass is 1490 g/mol. The van der Waals surface area contributed by atoms with Crippen LogP contribution in [0.5, 0.6) is 0 Å². The zero-order valence-corrected chi connectivity index (χ0v) is 71.1. The van der Waals surface area contributed by atoms with E-state index in [1.54, 1.807) is 0 Å². The molecule has 106 heavy (non-hydrogen) atoms. The summed E-state index contributed by atoms with van der Waals surface area (Å²) < 4.78 is 28.7. The Hall–Kier alpha value is -3.43. The van der Waals surface area contributed by atoms with Crippen LogP contribution in [0.2, 0.25) is 0 Å². The number of rotatable bonds is 88. The minimum Gasteiger partial charge on any atom is -0.465 e. The van der Waals surface area contributed by atoms with Crippen LogP contribution in [-0.2, 0) is 47.7 Å². The number of carbonyl (C=O) groups is 5. The van der Waals surface area contributed by atoms with E-state index in [1.165, 1.54) is 295 Å². The van der Waals surface area contributed by atoms with Crippen LogP contribution < -0.4 is 0 Å². The smallest absolute Gasteiger partial charge is 0.306 e. The average Bonchev–Trinajstić information content (AvgIpc) is 0.984. The molecule has 0 aliphatic heterocycles. The lowest BCUT2D eigenvalue weighted by atomic mass is 10.0. The van der Waals surface area contributed by atoms with Crippen LogP contribution in [0.3, 0.4) is 0 Å². The average molecular weight is 1490 g/mol. The zero-order chi connectivity index (χ0) is 76.7. The summed E-state index contributed by atoms with van der Waals surface area (Å²) in [5.41, 5.74) is 0. The summed E-state index contributed by atoms with van der Waals surface area (Å²) in [5.74, 6) is -1.11. The molecule has 0 saturated carbocycles. The van der Waals surface area contributed by atoms with E-state index >= 15 is 0 Å². The van der Waals surface area contributed by atoms with E-state index in [0.29, 0.717) is 45.3 Å². The SMILES string of the molecule is CCCCCCCC/C=C\CCCCCCCC(=O)OCC(CCCCCCCC/C=C/CCCCCCCC(=O)OC(COC(=O)CCCCCCC/C=C\CCCCCCCC)COC(=O)CCCCCCCCCCCCCCCCC)COC(=O)CCCCCCCCCCCCCCCCC. The number of allylic oxidation sites excluding steroid dienone is 6. The lowest BCUT2D eigenvalue weighted by Crippen LogP contribution is -2.30. The van der Waals surface area contributed by atoms with Crippen LogP contribution in [-0.4, -0.2) is 62.4 Å². The van der Waals surface area contributed by atoms with E-state index in [1.807, 2.05) is 0 Å². The molecule has 0 rings (SSSR count). The zero-order valence-electron chi connectivity index (χ0n) is 71.1. The maximum atomic E-state index is 13.1. The molecule has 0 bridgehead atoms. The van der Waals surface area contributed by atoms with Crippen molar-refractivity contribution >= 4 is 29.8 Å². The van der Waals surface area contributed by atoms with Crippen LogP contribution in [0, 0.1) is 5.92 Å². The van der Waals surface area contributed by atoms with Crippen LogP contribution >= 0.6 is 0 Å². The van der Waals surface area contributed by atoms with Gasteiger partial charge in [0.2, 0.25) is 0 Å². The van der Waals surface area contributed by atoms with Gasteiger partial charge in [-0.3, -0.25) is 24.0 Å². The molecule has 0 aromatic rings. The maximum absolute atomic E-state index is 13.1. The van der Waals surface area contributed by atoms with Gasteiger partial charge >= 0.3 is 29.8 Å². The summed E-state index contributed by atoms with van der Waals surface area (Å²) in [4.78, 5) is 64.5. The van der Waals surface area contributed by atoms with Crippen molar-refractivity contribution in [3.05, 3.63) is 36.5 Å². The van der Waals surface area contributed by atoms with E-state index in [2.05, 4.69) is 64.2 Å². The van der Waals surface area contributed by atoms with E-state index in [4.69, 9.17) is 23.7 Å². The van der Waals surface area contributed by atoms with E-state index in [9.17, 15) is 24.0 Å². The Bertz CT molecular complexity index is 1930. The fourth-order valence-electron chi connectivity index (χ4n) is 14.3. The third-order valence-electron chi connectivity index (χ3n) is 21.5. The standard InChI is InChI=1S/C96H178O10/c1-5-9-13-17-21-25-29-33-38-45-51-57-63-69-75-81-92(97)102-86-90(87-103-93(98)82-76-70-64-58-52-46-39-34-30-26-22-18-14-10-6-2)80-74-68-62-56-50-44-42-37-43-49-55-61-67-73-79-85-96(101)106-91(88-104-94(99)83-77-71-65-59-53-47-40-35-31-27-23-19-15-11-7-3)89-105-95(100)84-78-72-66-60-54-48-41-36-32-28-24-20-16-12-8-4/h33,35,37-38,40,43,90-91H,5-32,34,36,39,41-42,44-89H2,1-4H3/b38-33-,40-35-,43-37+. The molecule has 0 saturated heterocycles. The van der Waals surface area contributed by atoms with Crippen molar-refractivity contribution in [2.24, 2.45) is 5.92 Å². The number of esters is 5. The minimum absolute atomic E-state index is 0.0431. The van der Waals surface area contributed by atoms with Crippen LogP contribution in [0.1, 0.15) is 509 Å². The highest BCUT2D eigenvalue weighted by atomic mass is 16.6. The molecule has 10 nitrogen and oxygen atoms in total. The Morgan fingerprint density at radius 2 is 0.368 bits per heavy atom. The second-order valence-electron chi connectivity index (χ2n) is 32.3. The van der Waals surface area contributed by atoms with Gasteiger partial charge in [-0.2, -0.15) is 0 Å². The molecule has 0 radical (unpaired) electrons. The summed E-state index contributed by atoms with van der Waals surface area (Å²) >= 11 is 0. The third-order valence-corrected chi connectivity index (χ3v) is 21.5. The molecule has 2 unspecified atom stereocenters. The first-order valence-electron chi connectivity index (χ1n) is 47.0. The number of ether oxygens (including phenoxy) is 5. The summed E-state index contributed by atoms with van der Waals surface area (Å²) in [6, 6.07) is 0. The van der Waals surface area contributed by atoms with E-state index in [0.717, 1.165) is 154 Å². The Morgan fingerprint density at radius 1 is 0.198 bits per heavy atom. The Morgan fingerprint density at radius 3 is 0.585 bits per heavy atom. The molecule has 0 aliphatic rings. The molecule has 0 heterocycles. The van der Waals surface area contributed by atoms with Crippen molar-refractivity contribution in [2.45, 2.75) is 515 Å². The van der Waals surface area contributed by atoms with Crippen molar-refractivity contribution in [1.29, 1.82) is 0 Å². The fourth-order valence-corrected chi connectivity index (χ4v) is 14.3. The quantitative estimate of drug-likeness (QED) is 0.0251. The largest absolute Gasteiger partial charge is 0.465 e. The highest BCUT2D eigenvalue weighted by molar-refractivity contribution is 5.71. The van der Waals surface area contributed by atoms with Crippen molar-refractivity contribution in [1.82, 2.24) is 0 Å². The Kier molecular flexibility index (Phi) is 85.9. The summed E-state index contributed by atoms with van der Waals surface area (Å²) in [6.45, 7) is 9.57. The molecule has 0 spiro atoms. The molecule has 0 aromatic carbocycles. The Labute approximate surface area is 658 Å². The lowest BCUT2D eigenvalue weighted by Gasteiger charge is -2.18. The number of hydrogen-bond donors (Lipinski definition) is 0. The number of hydrogen-bond acceptors (Lipinski definition) is 10. The molecule has 0 fully saturated rings. The highest BCUT2D eigenvalue weighted by Crippen LogP contribution is 2.21. The first-order chi connectivity index (χ1) is 52.2. The molecule has 622 valence electrons. The molecular formula is C96H178O10. The van der Waals surface area contributed by atoms with E-state index < -0.39 is 6.10 Å². The van der Waals surface area contributed by atoms with Crippen molar-refractivity contribution in [3.63, 3.8) is 0 Å². The van der Waals surface area contributed by atoms with E-state index in [-0.39, 0.29) is 49.0 Å². The highest BCUT2D eigenvalue weighted by Gasteiger charge is 2.20. The van der Waals surface area contributed by atoms with Gasteiger partial charge in [-0.25, -0.2) is 0 Å². The van der Waals surface area contributed by atoms with Crippen molar-refractivity contribution < 1.29 is 47.7 Å². The molecule has 2 atom stereocenters. The number of carbonyl (C=O) groups excluding carboxylic acids is 5. The second kappa shape index (κ2) is 88.8. The molecule has 0 aliphatic carbocycles. The first-order valence-corrected chi connectivity index (χ1v) is 47.0. The third kappa shape index (κ3) is 84.6. The lowest BCUT2D eigenvalue weighted by molar-refractivity contribution is -0.167. The van der Waals surface area contributed by atoms with Gasteiger partial charge in [0.1, 0.15) is 13.2 Å². The van der Waals surface area contributed by atoms with Crippen LogP contribution in [0.25, 0.3) is 0 Å². The molecule has 0 amide bonds. The molecular weight excluding hydrogens is 1310 g/mol. The number of unbranched alkanes of at least 4 members (excludes halogenated alkanes) is 61. The van der Waals surface area contributed by atoms with Gasteiger partial charge in [0.25, 0.3) is 0 Å². The van der Waals surface area contributed by atoms with Crippen LogP contribution in [0.15, 0.2) is 36.5 Å². The Balaban J connectivity index is 4.70. The van der Waals surface area contributed by atoms with Gasteiger partial charge in [-0.05, 0) is 116 Å². The van der Waals surface area contributed by atoms with Crippen molar-refractivity contribution in [2.75, 3.05) is 26.4 Å². The van der Waals surface area contributed by atoms with Gasteiger partial charge in [-0.15, -0.1) is 0 Å². The fraction of sp³-hybridized carbons (Fsp3) is 0.885. The van der Waals surface area contributed by atoms with Gasteiger partial charge in [0.15, 0.2) is 6.10 Å². The molecule has 0 N–H and O–H groups in total. The summed E-state index contributed by atoms with van der Waals surface area (Å²) in [6.07, 6.45) is 100. The minimum atomic E-state index is -0.808. The van der Waals surface area contributed by atoms with Crippen LogP contribution in [0.4, 0.5) is 0 Å². The molecule has 0 aromatic heterocycles.